The van der Waals surface area contributed by atoms with Gasteiger partial charge in [0.1, 0.15) is 0 Å². The van der Waals surface area contributed by atoms with Crippen molar-refractivity contribution in [1.82, 2.24) is 5.32 Å². The first kappa shape index (κ1) is 13.8. The summed E-state index contributed by atoms with van der Waals surface area (Å²) in [5.74, 6) is -0.115. The van der Waals surface area contributed by atoms with Gasteiger partial charge in [-0.15, -0.1) is 0 Å². The van der Waals surface area contributed by atoms with Crippen LogP contribution in [0.25, 0.3) is 0 Å². The minimum Gasteiger partial charge on any atom is -0.322 e. The fourth-order valence-corrected chi connectivity index (χ4v) is 2.29. The van der Waals surface area contributed by atoms with E-state index >= 15 is 0 Å². The lowest BCUT2D eigenvalue weighted by Crippen LogP contribution is -2.15. The van der Waals surface area contributed by atoms with E-state index in [1.807, 2.05) is 49.5 Å². The monoisotopic (exact) mass is 318 g/mol. The van der Waals surface area contributed by atoms with Crippen LogP contribution in [0.2, 0.25) is 0 Å². The van der Waals surface area contributed by atoms with Crippen LogP contribution in [-0.2, 0) is 6.54 Å². The van der Waals surface area contributed by atoms with Gasteiger partial charge in [-0.1, -0.05) is 30.3 Å². The number of hydrogen-bond acceptors (Lipinski definition) is 2. The van der Waals surface area contributed by atoms with Gasteiger partial charge in [-0.05, 0) is 46.7 Å². The van der Waals surface area contributed by atoms with Crippen molar-refractivity contribution in [3.05, 3.63) is 64.1 Å². The second kappa shape index (κ2) is 6.50. The molecular weight excluding hydrogens is 304 g/mol. The van der Waals surface area contributed by atoms with Crippen LogP contribution in [0, 0.1) is 0 Å². The summed E-state index contributed by atoms with van der Waals surface area (Å²) >= 11 is 3.39. The highest BCUT2D eigenvalue weighted by Crippen LogP contribution is 2.20. The van der Waals surface area contributed by atoms with E-state index in [9.17, 15) is 4.79 Å². The molecule has 0 heterocycles. The highest BCUT2D eigenvalue weighted by Gasteiger charge is 2.11. The average molecular weight is 319 g/mol. The van der Waals surface area contributed by atoms with E-state index < -0.39 is 0 Å². The average Bonchev–Trinajstić information content (AvgIpc) is 2.41. The van der Waals surface area contributed by atoms with Gasteiger partial charge in [-0.25, -0.2) is 0 Å². The predicted molar refractivity (Wildman–Crippen MR) is 81.3 cm³/mol. The Balaban J connectivity index is 2.22. The van der Waals surface area contributed by atoms with Crippen molar-refractivity contribution in [3.63, 3.8) is 0 Å². The fraction of sp³-hybridized carbons (Fsp3) is 0.133. The molecule has 0 saturated heterocycles. The van der Waals surface area contributed by atoms with Gasteiger partial charge in [0.15, 0.2) is 0 Å². The van der Waals surface area contributed by atoms with E-state index in [1.165, 1.54) is 0 Å². The quantitative estimate of drug-likeness (QED) is 0.907. The molecule has 1 amide bonds. The van der Waals surface area contributed by atoms with Crippen molar-refractivity contribution in [1.29, 1.82) is 0 Å². The molecule has 3 nitrogen and oxygen atoms in total. The lowest BCUT2D eigenvalue weighted by Gasteiger charge is -2.11. The predicted octanol–water partition coefficient (Wildman–Crippen LogP) is 3.42. The summed E-state index contributed by atoms with van der Waals surface area (Å²) in [6.45, 7) is 0.715. The molecule has 0 saturated carbocycles. The Morgan fingerprint density at radius 2 is 1.79 bits per heavy atom. The van der Waals surface area contributed by atoms with Gasteiger partial charge in [0, 0.05) is 16.7 Å². The maximum atomic E-state index is 12.2. The van der Waals surface area contributed by atoms with Gasteiger partial charge in [0.05, 0.1) is 5.56 Å². The second-order valence-electron chi connectivity index (χ2n) is 4.12. The van der Waals surface area contributed by atoms with E-state index in [2.05, 4.69) is 26.6 Å². The topological polar surface area (TPSA) is 41.1 Å². The third kappa shape index (κ3) is 3.43. The number of nitrogens with one attached hydrogen (secondary N) is 2. The summed E-state index contributed by atoms with van der Waals surface area (Å²) in [6.07, 6.45) is 0. The van der Waals surface area contributed by atoms with Gasteiger partial charge in [-0.2, -0.15) is 0 Å². The smallest absolute Gasteiger partial charge is 0.256 e. The van der Waals surface area contributed by atoms with Crippen molar-refractivity contribution in [2.45, 2.75) is 6.54 Å². The zero-order chi connectivity index (χ0) is 13.7. The minimum atomic E-state index is -0.115. The molecule has 19 heavy (non-hydrogen) atoms. The lowest BCUT2D eigenvalue weighted by atomic mass is 10.1. The van der Waals surface area contributed by atoms with E-state index in [0.29, 0.717) is 12.1 Å². The molecule has 4 heteroatoms. The normalized spacial score (nSPS) is 10.2. The highest BCUT2D eigenvalue weighted by molar-refractivity contribution is 9.10. The molecule has 0 bridgehead atoms. The fourth-order valence-electron chi connectivity index (χ4n) is 1.82. The molecular formula is C15H15BrN2O. The van der Waals surface area contributed by atoms with Gasteiger partial charge in [0.25, 0.3) is 5.91 Å². The van der Waals surface area contributed by atoms with Gasteiger partial charge >= 0.3 is 0 Å². The summed E-state index contributed by atoms with van der Waals surface area (Å²) in [5.41, 5.74) is 2.52. The zero-order valence-electron chi connectivity index (χ0n) is 10.6. The molecule has 2 N–H and O–H groups in total. The molecule has 0 aliphatic heterocycles. The van der Waals surface area contributed by atoms with Crippen LogP contribution < -0.4 is 10.6 Å². The van der Waals surface area contributed by atoms with Crippen molar-refractivity contribution in [2.75, 3.05) is 12.4 Å². The number of amides is 1. The molecule has 0 aliphatic carbocycles. The van der Waals surface area contributed by atoms with Crippen LogP contribution in [0.15, 0.2) is 53.0 Å². The molecule has 98 valence electrons. The largest absolute Gasteiger partial charge is 0.322 e. The number of hydrogen-bond donors (Lipinski definition) is 2. The van der Waals surface area contributed by atoms with Crippen LogP contribution in [-0.4, -0.2) is 13.0 Å². The molecule has 2 aromatic carbocycles. The third-order valence-electron chi connectivity index (χ3n) is 2.75. The Hall–Kier alpha value is -1.65. The molecule has 2 aromatic rings. The summed E-state index contributed by atoms with van der Waals surface area (Å²) in [7, 11) is 1.88. The first-order chi connectivity index (χ1) is 9.22. The lowest BCUT2D eigenvalue weighted by molar-refractivity contribution is 0.102. The number of rotatable bonds is 4. The molecule has 0 unspecified atom stereocenters. The molecule has 2 rings (SSSR count). The highest BCUT2D eigenvalue weighted by atomic mass is 79.9. The van der Waals surface area contributed by atoms with E-state index in [4.69, 9.17) is 0 Å². The summed E-state index contributed by atoms with van der Waals surface area (Å²) < 4.78 is 0.790. The molecule has 0 atom stereocenters. The minimum absolute atomic E-state index is 0.115. The Morgan fingerprint density at radius 3 is 2.53 bits per heavy atom. The number of carbonyl (C=O) groups is 1. The first-order valence-corrected chi connectivity index (χ1v) is 6.80. The Morgan fingerprint density at radius 1 is 1.11 bits per heavy atom. The number of halogens is 1. The third-order valence-corrected chi connectivity index (χ3v) is 3.44. The van der Waals surface area contributed by atoms with Crippen molar-refractivity contribution >= 4 is 27.5 Å². The Kier molecular flexibility index (Phi) is 4.71. The maximum Gasteiger partial charge on any atom is 0.256 e. The first-order valence-electron chi connectivity index (χ1n) is 6.00. The van der Waals surface area contributed by atoms with E-state index in [0.717, 1.165) is 15.7 Å². The van der Waals surface area contributed by atoms with Crippen molar-refractivity contribution < 1.29 is 4.79 Å². The van der Waals surface area contributed by atoms with Crippen molar-refractivity contribution in [3.8, 4) is 0 Å². The number of carbonyl (C=O) groups excluding carboxylic acids is 1. The summed E-state index contributed by atoms with van der Waals surface area (Å²) in [4.78, 5) is 12.2. The molecule has 0 spiro atoms. The molecule has 0 radical (unpaired) electrons. The summed E-state index contributed by atoms with van der Waals surface area (Å²) in [6, 6.07) is 15.1. The Bertz CT molecular complexity index is 584. The van der Waals surface area contributed by atoms with E-state index in [1.54, 1.807) is 6.07 Å². The summed E-state index contributed by atoms with van der Waals surface area (Å²) in [5, 5.41) is 6.03. The van der Waals surface area contributed by atoms with Gasteiger partial charge in [0.2, 0.25) is 0 Å². The van der Waals surface area contributed by atoms with Crippen LogP contribution >= 0.6 is 15.9 Å². The molecule has 0 fully saturated rings. The number of benzene rings is 2. The van der Waals surface area contributed by atoms with Crippen LogP contribution in [0.1, 0.15) is 15.9 Å². The number of para-hydroxylation sites is 1. The van der Waals surface area contributed by atoms with Crippen LogP contribution in [0.3, 0.4) is 0 Å². The molecule has 0 aromatic heterocycles. The zero-order valence-corrected chi connectivity index (χ0v) is 12.2. The van der Waals surface area contributed by atoms with Gasteiger partial charge in [-0.3, -0.25) is 4.79 Å². The molecule has 0 aliphatic rings. The van der Waals surface area contributed by atoms with Crippen molar-refractivity contribution in [2.24, 2.45) is 0 Å². The SMILES string of the molecule is CNCc1ccccc1NC(=O)c1ccccc1Br. The second-order valence-corrected chi connectivity index (χ2v) is 4.98. The maximum absolute atomic E-state index is 12.2. The van der Waals surface area contributed by atoms with Gasteiger partial charge < -0.3 is 10.6 Å². The number of anilines is 1. The van der Waals surface area contributed by atoms with Crippen LogP contribution in [0.5, 0.6) is 0 Å². The van der Waals surface area contributed by atoms with E-state index in [-0.39, 0.29) is 5.91 Å². The standard InChI is InChI=1S/C15H15BrN2O/c1-17-10-11-6-2-5-9-14(11)18-15(19)12-7-3-4-8-13(12)16/h2-9,17H,10H2,1H3,(H,18,19). The Labute approximate surface area is 121 Å². The van der Waals surface area contributed by atoms with Crippen LogP contribution in [0.4, 0.5) is 5.69 Å².